The third-order valence-electron chi connectivity index (χ3n) is 3.04. The lowest BCUT2D eigenvalue weighted by Crippen LogP contribution is -2.19. The number of thioether (sulfide) groups is 1. The van der Waals surface area contributed by atoms with Crippen molar-refractivity contribution in [3.05, 3.63) is 64.8 Å². The number of hydrogen-bond acceptors (Lipinski definition) is 4. The zero-order valence-electron chi connectivity index (χ0n) is 12.0. The van der Waals surface area contributed by atoms with E-state index >= 15 is 0 Å². The predicted molar refractivity (Wildman–Crippen MR) is 86.5 cm³/mol. The fourth-order valence-electron chi connectivity index (χ4n) is 1.96. The first kappa shape index (κ1) is 16.3. The third kappa shape index (κ3) is 3.83. The quantitative estimate of drug-likeness (QED) is 0.834. The minimum atomic E-state index is -4.44. The van der Waals surface area contributed by atoms with Crippen LogP contribution in [0.3, 0.4) is 0 Å². The van der Waals surface area contributed by atoms with Gasteiger partial charge in [-0.05, 0) is 47.7 Å². The number of amidine groups is 1. The maximum atomic E-state index is 12.7. The molecule has 0 aliphatic carbocycles. The van der Waals surface area contributed by atoms with E-state index < -0.39 is 11.7 Å². The minimum absolute atomic E-state index is 0.121. The summed E-state index contributed by atoms with van der Waals surface area (Å²) in [5, 5.41) is 2.77. The number of nitrogens with one attached hydrogen (secondary N) is 1. The highest BCUT2D eigenvalue weighted by Crippen LogP contribution is 2.33. The van der Waals surface area contributed by atoms with Gasteiger partial charge in [-0.15, -0.1) is 0 Å². The first-order valence-corrected chi connectivity index (χ1v) is 7.60. The van der Waals surface area contributed by atoms with Gasteiger partial charge in [-0.1, -0.05) is 12.1 Å². The summed E-state index contributed by atoms with van der Waals surface area (Å²) in [6.07, 6.45) is 0.419. The molecule has 3 rings (SSSR count). The van der Waals surface area contributed by atoms with Gasteiger partial charge < -0.3 is 5.32 Å². The lowest BCUT2D eigenvalue weighted by Gasteiger charge is -2.06. The van der Waals surface area contributed by atoms with Crippen LogP contribution >= 0.6 is 11.8 Å². The minimum Gasteiger partial charge on any atom is -0.300 e. The van der Waals surface area contributed by atoms with Gasteiger partial charge in [-0.3, -0.25) is 9.78 Å². The summed E-state index contributed by atoms with van der Waals surface area (Å²) in [5.74, 6) is -0.352. The van der Waals surface area contributed by atoms with Gasteiger partial charge in [0, 0.05) is 12.4 Å². The molecule has 1 N–H and O–H groups in total. The van der Waals surface area contributed by atoms with Gasteiger partial charge in [0.2, 0.25) is 0 Å². The van der Waals surface area contributed by atoms with Gasteiger partial charge in [0.05, 0.1) is 16.2 Å². The summed E-state index contributed by atoms with van der Waals surface area (Å²) in [6.45, 7) is 0. The average Bonchev–Trinajstić information content (AvgIpc) is 2.87. The van der Waals surface area contributed by atoms with Gasteiger partial charge >= 0.3 is 6.18 Å². The fraction of sp³-hybridized carbons (Fsp3) is 0.0625. The Balaban J connectivity index is 1.83. The number of halogens is 3. The molecule has 1 aromatic carbocycles. The predicted octanol–water partition coefficient (Wildman–Crippen LogP) is 3.99. The summed E-state index contributed by atoms with van der Waals surface area (Å²) >= 11 is 1.06. The molecule has 1 aliphatic rings. The van der Waals surface area contributed by atoms with Crippen LogP contribution in [-0.4, -0.2) is 16.1 Å². The molecule has 1 saturated heterocycles. The molecule has 0 spiro atoms. The fourth-order valence-corrected chi connectivity index (χ4v) is 2.80. The van der Waals surface area contributed by atoms with E-state index in [2.05, 4.69) is 15.3 Å². The van der Waals surface area contributed by atoms with Crippen LogP contribution in [0, 0.1) is 0 Å². The van der Waals surface area contributed by atoms with Crippen molar-refractivity contribution >= 4 is 34.6 Å². The zero-order valence-corrected chi connectivity index (χ0v) is 12.9. The highest BCUT2D eigenvalue weighted by atomic mass is 32.2. The van der Waals surface area contributed by atoms with Crippen LogP contribution in [0.1, 0.15) is 11.1 Å². The summed E-state index contributed by atoms with van der Waals surface area (Å²) in [4.78, 5) is 20.3. The van der Waals surface area contributed by atoms with Crippen LogP contribution in [-0.2, 0) is 11.0 Å². The summed E-state index contributed by atoms with van der Waals surface area (Å²) in [7, 11) is 0. The number of aromatic nitrogens is 1. The van der Waals surface area contributed by atoms with E-state index in [0.717, 1.165) is 29.5 Å². The number of rotatable bonds is 2. The number of pyridine rings is 1. The van der Waals surface area contributed by atoms with Crippen LogP contribution in [0.5, 0.6) is 0 Å². The van der Waals surface area contributed by atoms with E-state index in [-0.39, 0.29) is 16.8 Å². The normalized spacial score (nSPS) is 18.2. The van der Waals surface area contributed by atoms with Crippen molar-refractivity contribution in [2.75, 3.05) is 0 Å². The van der Waals surface area contributed by atoms with Gasteiger partial charge in [0.25, 0.3) is 5.91 Å². The molecule has 4 nitrogen and oxygen atoms in total. The molecule has 1 aromatic heterocycles. The molecule has 1 fully saturated rings. The molecular formula is C16H10F3N3OS. The largest absolute Gasteiger partial charge is 0.416 e. The number of alkyl halides is 3. The standard InChI is InChI=1S/C16H10F3N3OS/c17-16(18,19)11-4-1-5-12(8-11)21-15-22-14(23)13(24-15)7-10-3-2-6-20-9-10/h1-9H,(H,21,22,23)/b13-7+. The van der Waals surface area contributed by atoms with Crippen LogP contribution in [0.25, 0.3) is 6.08 Å². The van der Waals surface area contributed by atoms with Gasteiger partial charge in [-0.2, -0.15) is 13.2 Å². The first-order chi connectivity index (χ1) is 11.4. The number of amides is 1. The number of benzene rings is 1. The highest BCUT2D eigenvalue weighted by Gasteiger charge is 2.30. The van der Waals surface area contributed by atoms with E-state index in [9.17, 15) is 18.0 Å². The van der Waals surface area contributed by atoms with Crippen LogP contribution < -0.4 is 5.32 Å². The average molecular weight is 349 g/mol. The summed E-state index contributed by atoms with van der Waals surface area (Å²) in [6, 6.07) is 8.14. The zero-order chi connectivity index (χ0) is 17.2. The Kier molecular flexibility index (Phi) is 4.39. The molecule has 0 radical (unpaired) electrons. The number of carbonyl (C=O) groups excluding carboxylic acids is 1. The second-order valence-corrected chi connectivity index (χ2v) is 5.85. The van der Waals surface area contributed by atoms with Gasteiger partial charge in [0.1, 0.15) is 0 Å². The molecule has 24 heavy (non-hydrogen) atoms. The van der Waals surface area contributed by atoms with Crippen molar-refractivity contribution in [2.24, 2.45) is 4.99 Å². The smallest absolute Gasteiger partial charge is 0.300 e. The Hall–Kier alpha value is -2.61. The molecule has 8 heteroatoms. The monoisotopic (exact) mass is 349 g/mol. The third-order valence-corrected chi connectivity index (χ3v) is 3.95. The van der Waals surface area contributed by atoms with Crippen LogP contribution in [0.2, 0.25) is 0 Å². The maximum absolute atomic E-state index is 12.7. The molecule has 0 saturated carbocycles. The van der Waals surface area contributed by atoms with Crippen molar-refractivity contribution in [2.45, 2.75) is 6.18 Å². The maximum Gasteiger partial charge on any atom is 0.416 e. The molecular weight excluding hydrogens is 339 g/mol. The Morgan fingerprint density at radius 3 is 2.75 bits per heavy atom. The van der Waals surface area contributed by atoms with E-state index in [1.165, 1.54) is 12.1 Å². The second kappa shape index (κ2) is 6.48. The number of aliphatic imine (C=N–C) groups is 1. The molecule has 122 valence electrons. The van der Waals surface area contributed by atoms with E-state index in [1.54, 1.807) is 30.6 Å². The Morgan fingerprint density at radius 1 is 1.21 bits per heavy atom. The molecule has 2 heterocycles. The number of hydrogen-bond donors (Lipinski definition) is 1. The Labute approximate surface area is 139 Å². The highest BCUT2D eigenvalue weighted by molar-refractivity contribution is 8.18. The lowest BCUT2D eigenvalue weighted by molar-refractivity contribution is -0.137. The van der Waals surface area contributed by atoms with Gasteiger partial charge in [0.15, 0.2) is 5.17 Å². The Bertz CT molecular complexity index is 832. The topological polar surface area (TPSA) is 54.4 Å². The van der Waals surface area contributed by atoms with Crippen molar-refractivity contribution in [3.63, 3.8) is 0 Å². The first-order valence-electron chi connectivity index (χ1n) is 6.79. The van der Waals surface area contributed by atoms with Crippen LogP contribution in [0.4, 0.5) is 18.9 Å². The summed E-state index contributed by atoms with van der Waals surface area (Å²) < 4.78 is 38.1. The molecule has 2 aromatic rings. The van der Waals surface area contributed by atoms with Crippen molar-refractivity contribution in [1.29, 1.82) is 0 Å². The van der Waals surface area contributed by atoms with Crippen molar-refractivity contribution < 1.29 is 18.0 Å². The number of carbonyl (C=O) groups is 1. The number of nitrogens with zero attached hydrogens (tertiary/aromatic N) is 2. The van der Waals surface area contributed by atoms with E-state index in [4.69, 9.17) is 0 Å². The SMILES string of the molecule is O=C1NC(=Nc2cccc(C(F)(F)F)c2)S/C1=C/c1cccnc1. The molecule has 0 atom stereocenters. The lowest BCUT2D eigenvalue weighted by atomic mass is 10.2. The molecule has 1 amide bonds. The molecule has 1 aliphatic heterocycles. The summed E-state index contributed by atoms with van der Waals surface area (Å²) in [5.41, 5.74) is 0.0792. The van der Waals surface area contributed by atoms with E-state index in [0.29, 0.717) is 4.91 Å². The van der Waals surface area contributed by atoms with Crippen LogP contribution in [0.15, 0.2) is 58.7 Å². The Morgan fingerprint density at radius 2 is 2.04 bits per heavy atom. The van der Waals surface area contributed by atoms with Crippen molar-refractivity contribution in [1.82, 2.24) is 10.3 Å². The van der Waals surface area contributed by atoms with Gasteiger partial charge in [-0.25, -0.2) is 4.99 Å². The van der Waals surface area contributed by atoms with E-state index in [1.807, 2.05) is 0 Å². The molecule has 0 unspecified atom stereocenters. The van der Waals surface area contributed by atoms with Crippen molar-refractivity contribution in [3.8, 4) is 0 Å². The second-order valence-electron chi connectivity index (χ2n) is 4.82. The molecule has 0 bridgehead atoms.